The molecular weight excluding hydrogens is 402 g/mol. The van der Waals surface area contributed by atoms with Gasteiger partial charge in [-0.3, -0.25) is 4.79 Å². The maximum Gasteiger partial charge on any atom is 0.225 e. The zero-order valence-corrected chi connectivity index (χ0v) is 21.5. The van der Waals surface area contributed by atoms with Crippen LogP contribution in [0.3, 0.4) is 0 Å². The fourth-order valence-electron chi connectivity index (χ4n) is 3.74. The van der Waals surface area contributed by atoms with Gasteiger partial charge in [0.15, 0.2) is 11.5 Å². The SMILES string of the molecule is COCCCOc1cc(C[C@@H](C/C=C/C[C@@H](C(=O)N(C)C)C(C)C)C(C)C)ccc1OC. The number of hydrogen-bond donors (Lipinski definition) is 0. The summed E-state index contributed by atoms with van der Waals surface area (Å²) in [5.41, 5.74) is 1.25. The van der Waals surface area contributed by atoms with Gasteiger partial charge in [0.05, 0.1) is 13.7 Å². The van der Waals surface area contributed by atoms with E-state index in [0.717, 1.165) is 37.2 Å². The van der Waals surface area contributed by atoms with Crippen LogP contribution in [0.15, 0.2) is 30.4 Å². The molecule has 32 heavy (non-hydrogen) atoms. The molecule has 1 aromatic carbocycles. The number of methoxy groups -OCH3 is 2. The summed E-state index contributed by atoms with van der Waals surface area (Å²) in [6.07, 6.45) is 8.06. The van der Waals surface area contributed by atoms with E-state index in [4.69, 9.17) is 14.2 Å². The van der Waals surface area contributed by atoms with Crippen LogP contribution in [-0.4, -0.2) is 52.3 Å². The Labute approximate surface area is 196 Å². The van der Waals surface area contributed by atoms with Crippen molar-refractivity contribution in [3.05, 3.63) is 35.9 Å². The molecule has 0 bridgehead atoms. The summed E-state index contributed by atoms with van der Waals surface area (Å²) in [6, 6.07) is 6.23. The topological polar surface area (TPSA) is 48.0 Å². The summed E-state index contributed by atoms with van der Waals surface area (Å²) in [4.78, 5) is 14.1. The van der Waals surface area contributed by atoms with Gasteiger partial charge in [-0.2, -0.15) is 0 Å². The van der Waals surface area contributed by atoms with E-state index in [1.54, 1.807) is 19.1 Å². The molecule has 5 nitrogen and oxygen atoms in total. The van der Waals surface area contributed by atoms with Crippen LogP contribution in [0.5, 0.6) is 11.5 Å². The molecule has 0 heterocycles. The van der Waals surface area contributed by atoms with Crippen molar-refractivity contribution in [1.29, 1.82) is 0 Å². The van der Waals surface area contributed by atoms with Crippen molar-refractivity contribution < 1.29 is 19.0 Å². The second kappa shape index (κ2) is 14.9. The largest absolute Gasteiger partial charge is 0.493 e. The monoisotopic (exact) mass is 447 g/mol. The minimum absolute atomic E-state index is 0.0400. The summed E-state index contributed by atoms with van der Waals surface area (Å²) < 4.78 is 16.5. The van der Waals surface area contributed by atoms with Crippen LogP contribution in [-0.2, 0) is 16.0 Å². The summed E-state index contributed by atoms with van der Waals surface area (Å²) in [5, 5.41) is 0. The molecule has 0 N–H and O–H groups in total. The summed E-state index contributed by atoms with van der Waals surface area (Å²) >= 11 is 0. The molecule has 1 rings (SSSR count). The molecule has 0 aromatic heterocycles. The van der Waals surface area contributed by atoms with Crippen LogP contribution in [0.4, 0.5) is 0 Å². The van der Waals surface area contributed by atoms with Gasteiger partial charge in [-0.1, -0.05) is 45.9 Å². The Balaban J connectivity index is 2.78. The lowest BCUT2D eigenvalue weighted by Gasteiger charge is -2.23. The predicted octanol–water partition coefficient (Wildman–Crippen LogP) is 5.62. The lowest BCUT2D eigenvalue weighted by molar-refractivity contribution is -0.134. The molecule has 0 saturated carbocycles. The van der Waals surface area contributed by atoms with Crippen molar-refractivity contribution in [2.24, 2.45) is 23.7 Å². The minimum atomic E-state index is 0.0400. The van der Waals surface area contributed by atoms with Crippen molar-refractivity contribution in [3.63, 3.8) is 0 Å². The number of allylic oxidation sites excluding steroid dienone is 2. The normalized spacial score (nSPS) is 13.6. The molecule has 0 saturated heterocycles. The van der Waals surface area contributed by atoms with Gasteiger partial charge in [0.1, 0.15) is 0 Å². The van der Waals surface area contributed by atoms with Crippen molar-refractivity contribution in [3.8, 4) is 11.5 Å². The number of rotatable bonds is 15. The third-order valence-electron chi connectivity index (χ3n) is 5.98. The molecular formula is C27H45NO4. The van der Waals surface area contributed by atoms with Gasteiger partial charge in [-0.25, -0.2) is 0 Å². The number of benzene rings is 1. The number of carbonyl (C=O) groups excluding carboxylic acids is 1. The van der Waals surface area contributed by atoms with Crippen LogP contribution in [0.1, 0.15) is 52.5 Å². The molecule has 0 aliphatic rings. The standard InChI is InChI=1S/C27H45NO4/c1-20(2)23(12-9-10-13-24(21(3)4)27(29)28(5)6)18-22-14-15-25(31-8)26(19-22)32-17-11-16-30-7/h9-10,14-15,19-21,23-24H,11-13,16-18H2,1-8H3/b10-9+/t23-,24-/m1/s1. The molecule has 0 fully saturated rings. The molecule has 0 unspecified atom stereocenters. The number of ether oxygens (including phenoxy) is 3. The maximum absolute atomic E-state index is 12.4. The first-order valence-electron chi connectivity index (χ1n) is 11.9. The Kier molecular flexibility index (Phi) is 13.1. The van der Waals surface area contributed by atoms with Gasteiger partial charge in [0.25, 0.3) is 0 Å². The van der Waals surface area contributed by atoms with Crippen molar-refractivity contribution >= 4 is 5.91 Å². The third kappa shape index (κ3) is 9.64. The van der Waals surface area contributed by atoms with Crippen LogP contribution in [0.25, 0.3) is 0 Å². The van der Waals surface area contributed by atoms with Gasteiger partial charge in [0.2, 0.25) is 5.91 Å². The van der Waals surface area contributed by atoms with Gasteiger partial charge >= 0.3 is 0 Å². The Morgan fingerprint density at radius 2 is 1.66 bits per heavy atom. The summed E-state index contributed by atoms with van der Waals surface area (Å²) in [6.45, 7) is 10.1. The Bertz CT molecular complexity index is 697. The van der Waals surface area contributed by atoms with Crippen LogP contribution >= 0.6 is 0 Å². The van der Waals surface area contributed by atoms with E-state index >= 15 is 0 Å². The van der Waals surface area contributed by atoms with E-state index in [1.165, 1.54) is 5.56 Å². The van der Waals surface area contributed by atoms with E-state index in [9.17, 15) is 4.79 Å². The molecule has 0 aliphatic carbocycles. The molecule has 2 atom stereocenters. The summed E-state index contributed by atoms with van der Waals surface area (Å²) in [5.74, 6) is 3.20. The highest BCUT2D eigenvalue weighted by atomic mass is 16.5. The van der Waals surface area contributed by atoms with Gasteiger partial charge in [0, 0.05) is 40.2 Å². The molecule has 5 heteroatoms. The summed E-state index contributed by atoms with van der Waals surface area (Å²) in [7, 11) is 7.04. The smallest absolute Gasteiger partial charge is 0.225 e. The van der Waals surface area contributed by atoms with Crippen molar-refractivity contribution in [1.82, 2.24) is 4.90 Å². The van der Waals surface area contributed by atoms with Gasteiger partial charge in [-0.05, 0) is 54.7 Å². The van der Waals surface area contributed by atoms with Crippen molar-refractivity contribution in [2.45, 2.75) is 53.4 Å². The Morgan fingerprint density at radius 1 is 0.969 bits per heavy atom. The molecule has 1 amide bonds. The number of hydrogen-bond acceptors (Lipinski definition) is 4. The number of amides is 1. The van der Waals surface area contributed by atoms with Gasteiger partial charge in [-0.15, -0.1) is 0 Å². The van der Waals surface area contributed by atoms with Gasteiger partial charge < -0.3 is 19.1 Å². The van der Waals surface area contributed by atoms with E-state index in [-0.39, 0.29) is 11.8 Å². The molecule has 0 spiro atoms. The maximum atomic E-state index is 12.4. The van der Waals surface area contributed by atoms with Crippen LogP contribution < -0.4 is 9.47 Å². The number of carbonyl (C=O) groups is 1. The zero-order chi connectivity index (χ0) is 24.1. The lowest BCUT2D eigenvalue weighted by Crippen LogP contribution is -2.32. The highest BCUT2D eigenvalue weighted by Gasteiger charge is 2.22. The second-order valence-corrected chi connectivity index (χ2v) is 9.41. The Morgan fingerprint density at radius 3 is 2.22 bits per heavy atom. The molecule has 182 valence electrons. The fourth-order valence-corrected chi connectivity index (χ4v) is 3.74. The van der Waals surface area contributed by atoms with Crippen LogP contribution in [0, 0.1) is 23.7 Å². The average molecular weight is 448 g/mol. The first-order chi connectivity index (χ1) is 15.2. The van der Waals surface area contributed by atoms with E-state index in [2.05, 4.69) is 52.0 Å². The fraction of sp³-hybridized carbons (Fsp3) is 0.667. The third-order valence-corrected chi connectivity index (χ3v) is 5.98. The van der Waals surface area contributed by atoms with Crippen molar-refractivity contribution in [2.75, 3.05) is 41.5 Å². The highest BCUT2D eigenvalue weighted by molar-refractivity contribution is 5.78. The number of nitrogens with zero attached hydrogens (tertiary/aromatic N) is 1. The second-order valence-electron chi connectivity index (χ2n) is 9.41. The quantitative estimate of drug-likeness (QED) is 0.259. The first-order valence-corrected chi connectivity index (χ1v) is 11.9. The lowest BCUT2D eigenvalue weighted by atomic mass is 9.85. The average Bonchev–Trinajstić information content (AvgIpc) is 2.75. The van der Waals surface area contributed by atoms with Crippen LogP contribution in [0.2, 0.25) is 0 Å². The zero-order valence-electron chi connectivity index (χ0n) is 21.5. The minimum Gasteiger partial charge on any atom is -0.493 e. The van der Waals surface area contributed by atoms with E-state index in [0.29, 0.717) is 31.0 Å². The highest BCUT2D eigenvalue weighted by Crippen LogP contribution is 2.31. The van der Waals surface area contributed by atoms with E-state index < -0.39 is 0 Å². The molecule has 1 aromatic rings. The van der Waals surface area contributed by atoms with E-state index in [1.807, 2.05) is 20.2 Å². The molecule has 0 aliphatic heterocycles. The Hall–Kier alpha value is -2.01. The molecule has 0 radical (unpaired) electrons. The first kappa shape index (κ1) is 28.0. The predicted molar refractivity (Wildman–Crippen MR) is 132 cm³/mol.